The third-order valence-corrected chi connectivity index (χ3v) is 4.76. The molecule has 0 saturated heterocycles. The van der Waals surface area contributed by atoms with Crippen LogP contribution in [-0.4, -0.2) is 36.8 Å². The van der Waals surface area contributed by atoms with Gasteiger partial charge in [0.1, 0.15) is 5.69 Å². The molecule has 0 atom stereocenters. The van der Waals surface area contributed by atoms with Crippen molar-refractivity contribution in [1.82, 2.24) is 15.2 Å². The summed E-state index contributed by atoms with van der Waals surface area (Å²) in [6.07, 6.45) is -4.46. The van der Waals surface area contributed by atoms with Gasteiger partial charge in [-0.1, -0.05) is 12.1 Å². The van der Waals surface area contributed by atoms with Crippen molar-refractivity contribution in [3.8, 4) is 17.0 Å². The van der Waals surface area contributed by atoms with E-state index >= 15 is 0 Å². The van der Waals surface area contributed by atoms with Gasteiger partial charge >= 0.3 is 12.1 Å². The van der Waals surface area contributed by atoms with Crippen LogP contribution in [0.1, 0.15) is 28.5 Å². The van der Waals surface area contributed by atoms with Gasteiger partial charge in [0.25, 0.3) is 0 Å². The number of hydrazone groups is 1. The number of alkyl halides is 3. The average molecular weight is 477 g/mol. The highest BCUT2D eigenvalue weighted by molar-refractivity contribution is 7.80. The molecule has 2 aromatic carbocycles. The zero-order chi connectivity index (χ0) is 24.3. The molecule has 0 aliphatic rings. The minimum atomic E-state index is -4.46. The number of carboxylic acids is 1. The van der Waals surface area contributed by atoms with Crippen LogP contribution in [0.3, 0.4) is 0 Å². The number of hydrogen-bond acceptors (Lipinski definition) is 5. The average Bonchev–Trinajstić information content (AvgIpc) is 3.06. The zero-order valence-electron chi connectivity index (χ0n) is 17.3. The Morgan fingerprint density at radius 3 is 2.27 bits per heavy atom. The summed E-state index contributed by atoms with van der Waals surface area (Å²) in [6, 6.07) is 10.3. The van der Waals surface area contributed by atoms with E-state index in [4.69, 9.17) is 17.3 Å². The fourth-order valence-corrected chi connectivity index (χ4v) is 3.10. The summed E-state index contributed by atoms with van der Waals surface area (Å²) in [6.45, 7) is 1.57. The van der Waals surface area contributed by atoms with E-state index in [-0.39, 0.29) is 33.5 Å². The van der Waals surface area contributed by atoms with Crippen LogP contribution in [0.15, 0.2) is 53.6 Å². The molecular weight excluding hydrogens is 459 g/mol. The molecule has 1 aromatic heterocycles. The molecule has 33 heavy (non-hydrogen) atoms. The Balaban J connectivity index is 1.74. The Labute approximate surface area is 191 Å². The maximum atomic E-state index is 12.8. The number of carboxylic acid groups (broad SMARTS) is 1. The number of anilines is 1. The summed E-state index contributed by atoms with van der Waals surface area (Å²) < 4.78 is 39.7. The van der Waals surface area contributed by atoms with E-state index < -0.39 is 17.7 Å². The lowest BCUT2D eigenvalue weighted by Crippen LogP contribution is -2.25. The van der Waals surface area contributed by atoms with E-state index in [2.05, 4.69) is 20.9 Å². The standard InChI is InChI=1S/C21H18F3N5O3S/c1-11(26-27-20(33)25-15-9-5-13(6-10-15)19(31)32)16-18(30)17(29(2)28-16)12-3-7-14(8-4-12)21(22,23)24/h3-10,30H,1-2H3,(H,31,32)(H2,25,27,33). The lowest BCUT2D eigenvalue weighted by Gasteiger charge is -2.08. The number of benzene rings is 2. The van der Waals surface area contributed by atoms with Crippen molar-refractivity contribution in [2.45, 2.75) is 13.1 Å². The maximum Gasteiger partial charge on any atom is 0.416 e. The van der Waals surface area contributed by atoms with E-state index in [0.29, 0.717) is 11.3 Å². The lowest BCUT2D eigenvalue weighted by atomic mass is 10.1. The van der Waals surface area contributed by atoms with Gasteiger partial charge in [0, 0.05) is 18.3 Å². The Hall–Kier alpha value is -3.93. The number of aryl methyl sites for hydroxylation is 1. The number of aromatic hydroxyl groups is 1. The van der Waals surface area contributed by atoms with Crippen LogP contribution in [0.2, 0.25) is 0 Å². The van der Waals surface area contributed by atoms with Crippen molar-refractivity contribution < 1.29 is 28.2 Å². The van der Waals surface area contributed by atoms with Crippen LogP contribution in [0.5, 0.6) is 5.75 Å². The number of nitrogens with one attached hydrogen (secondary N) is 2. The summed E-state index contributed by atoms with van der Waals surface area (Å²) in [5.41, 5.74) is 3.43. The first-order valence-electron chi connectivity index (χ1n) is 9.36. The largest absolute Gasteiger partial charge is 0.504 e. The smallest absolute Gasteiger partial charge is 0.416 e. The maximum absolute atomic E-state index is 12.8. The molecule has 1 heterocycles. The Morgan fingerprint density at radius 1 is 1.12 bits per heavy atom. The fraction of sp³-hybridized carbons (Fsp3) is 0.143. The van der Waals surface area contributed by atoms with Crippen LogP contribution in [0.25, 0.3) is 11.3 Å². The second-order valence-corrected chi connectivity index (χ2v) is 7.30. The second kappa shape index (κ2) is 9.28. The minimum absolute atomic E-state index is 0.107. The Bertz CT molecular complexity index is 1220. The molecule has 0 fully saturated rings. The number of halogens is 3. The van der Waals surface area contributed by atoms with Gasteiger partial charge in [-0.2, -0.15) is 23.4 Å². The summed E-state index contributed by atoms with van der Waals surface area (Å²) >= 11 is 5.15. The number of carbonyl (C=O) groups is 1. The second-order valence-electron chi connectivity index (χ2n) is 6.89. The summed E-state index contributed by atoms with van der Waals surface area (Å²) in [5, 5.41) is 30.8. The molecule has 0 unspecified atom stereocenters. The molecule has 0 saturated carbocycles. The van der Waals surface area contributed by atoms with Crippen LogP contribution in [0, 0.1) is 0 Å². The third kappa shape index (κ3) is 5.47. The van der Waals surface area contributed by atoms with E-state index in [1.165, 1.54) is 41.1 Å². The molecular formula is C21H18F3N5O3S. The number of thiocarbonyl (C=S) groups is 1. The van der Waals surface area contributed by atoms with Crippen LogP contribution >= 0.6 is 12.2 Å². The Kier molecular flexibility index (Phi) is 6.68. The summed E-state index contributed by atoms with van der Waals surface area (Å²) in [7, 11) is 1.55. The highest BCUT2D eigenvalue weighted by Crippen LogP contribution is 2.35. The quantitative estimate of drug-likeness (QED) is 0.247. The van der Waals surface area contributed by atoms with Crippen molar-refractivity contribution >= 4 is 34.7 Å². The first kappa shape index (κ1) is 23.7. The van der Waals surface area contributed by atoms with Gasteiger partial charge in [-0.3, -0.25) is 10.1 Å². The van der Waals surface area contributed by atoms with E-state index in [1.807, 2.05) is 0 Å². The molecule has 0 radical (unpaired) electrons. The van der Waals surface area contributed by atoms with E-state index in [0.717, 1.165) is 12.1 Å². The highest BCUT2D eigenvalue weighted by Gasteiger charge is 2.30. The van der Waals surface area contributed by atoms with Gasteiger partial charge in [0.15, 0.2) is 16.6 Å². The molecule has 3 rings (SSSR count). The number of aromatic carboxylic acids is 1. The first-order valence-corrected chi connectivity index (χ1v) is 9.77. The molecule has 0 aliphatic heterocycles. The normalized spacial score (nSPS) is 11.8. The highest BCUT2D eigenvalue weighted by atomic mass is 32.1. The monoisotopic (exact) mass is 477 g/mol. The van der Waals surface area contributed by atoms with Crippen molar-refractivity contribution in [2.75, 3.05) is 5.32 Å². The van der Waals surface area contributed by atoms with Gasteiger partial charge < -0.3 is 15.5 Å². The zero-order valence-corrected chi connectivity index (χ0v) is 18.1. The molecule has 0 aliphatic carbocycles. The van der Waals surface area contributed by atoms with Gasteiger partial charge in [-0.15, -0.1) is 0 Å². The van der Waals surface area contributed by atoms with Crippen LogP contribution in [0.4, 0.5) is 18.9 Å². The van der Waals surface area contributed by atoms with Crippen molar-refractivity contribution in [3.63, 3.8) is 0 Å². The molecule has 0 spiro atoms. The minimum Gasteiger partial charge on any atom is -0.504 e. The molecule has 3 aromatic rings. The van der Waals surface area contributed by atoms with Gasteiger partial charge in [-0.05, 0) is 55.5 Å². The lowest BCUT2D eigenvalue weighted by molar-refractivity contribution is -0.137. The number of nitrogens with zero attached hydrogens (tertiary/aromatic N) is 3. The van der Waals surface area contributed by atoms with Crippen molar-refractivity contribution in [1.29, 1.82) is 0 Å². The van der Waals surface area contributed by atoms with Crippen molar-refractivity contribution in [2.24, 2.45) is 12.1 Å². The SMILES string of the molecule is CC(=NNC(=S)Nc1ccc(C(=O)O)cc1)c1nn(C)c(-c2ccc(C(F)(F)F)cc2)c1O. The molecule has 4 N–H and O–H groups in total. The number of rotatable bonds is 5. The van der Waals surface area contributed by atoms with Crippen molar-refractivity contribution in [3.05, 3.63) is 65.4 Å². The van der Waals surface area contributed by atoms with Crippen LogP contribution < -0.4 is 10.7 Å². The molecule has 0 bridgehead atoms. The molecule has 172 valence electrons. The molecule has 8 nitrogen and oxygen atoms in total. The van der Waals surface area contributed by atoms with Gasteiger partial charge in [0.05, 0.1) is 16.8 Å². The van der Waals surface area contributed by atoms with Gasteiger partial charge in [-0.25, -0.2) is 4.79 Å². The predicted octanol–water partition coefficient (Wildman–Crippen LogP) is 4.22. The molecule has 0 amide bonds. The summed E-state index contributed by atoms with van der Waals surface area (Å²) in [4.78, 5) is 10.9. The number of aromatic nitrogens is 2. The van der Waals surface area contributed by atoms with E-state index in [9.17, 15) is 23.1 Å². The topological polar surface area (TPSA) is 112 Å². The Morgan fingerprint density at radius 2 is 1.73 bits per heavy atom. The third-order valence-electron chi connectivity index (χ3n) is 4.57. The summed E-state index contributed by atoms with van der Waals surface area (Å²) in [5.74, 6) is -1.29. The molecule has 12 heteroatoms. The fourth-order valence-electron chi connectivity index (χ4n) is 2.94. The first-order chi connectivity index (χ1) is 15.5. The van der Waals surface area contributed by atoms with E-state index in [1.54, 1.807) is 14.0 Å². The number of hydrogen-bond donors (Lipinski definition) is 4. The van der Waals surface area contributed by atoms with Gasteiger partial charge in [0.2, 0.25) is 0 Å². The van der Waals surface area contributed by atoms with Crippen LogP contribution in [-0.2, 0) is 13.2 Å². The predicted molar refractivity (Wildman–Crippen MR) is 120 cm³/mol.